The molecular weight excluding hydrogens is 324 g/mol. The lowest BCUT2D eigenvalue weighted by Gasteiger charge is -2.26. The zero-order valence-electron chi connectivity index (χ0n) is 14.9. The maximum absolute atomic E-state index is 8.60. The standard InChI is InChI=1S/C14H32N4.ClHO4/c1-15-7-5-8-17(3)13-14-18(4)10-6-9-16(2)12-11-15;2-1(3,4)5/h5-14H2,1-4H3;(H,2,3,4,5). The van der Waals surface area contributed by atoms with Crippen molar-refractivity contribution in [3.8, 4) is 0 Å². The Hall–Kier alpha value is -0.0300. The number of rotatable bonds is 0. The third-order valence-electron chi connectivity index (χ3n) is 3.89. The molecule has 8 nitrogen and oxygen atoms in total. The molecule has 1 aliphatic rings. The van der Waals surface area contributed by atoms with Crippen molar-refractivity contribution in [1.29, 1.82) is 0 Å². The molecule has 1 heterocycles. The van der Waals surface area contributed by atoms with Crippen molar-refractivity contribution >= 4 is 0 Å². The Morgan fingerprint density at radius 3 is 0.913 bits per heavy atom. The fourth-order valence-electron chi connectivity index (χ4n) is 2.35. The zero-order valence-corrected chi connectivity index (χ0v) is 15.7. The zero-order chi connectivity index (χ0) is 17.9. The van der Waals surface area contributed by atoms with Gasteiger partial charge in [-0.25, -0.2) is 0 Å². The van der Waals surface area contributed by atoms with Crippen molar-refractivity contribution < 1.29 is 28.9 Å². The Balaban J connectivity index is 0.000000841. The molecule has 0 radical (unpaired) electrons. The van der Waals surface area contributed by atoms with Gasteiger partial charge in [0.25, 0.3) is 0 Å². The maximum Gasteiger partial charge on any atom is 0.0777 e. The van der Waals surface area contributed by atoms with Crippen LogP contribution in [0.2, 0.25) is 0 Å². The van der Waals surface area contributed by atoms with E-state index < -0.39 is 10.2 Å². The minimum Gasteiger partial charge on any atom is -0.305 e. The largest absolute Gasteiger partial charge is 0.305 e. The SMILES string of the molecule is CN1CCCN(C)CCN(C)CCCN(C)CC1.[O-][Cl+3]([O-])([O-])O. The number of halogens is 1. The lowest BCUT2D eigenvalue weighted by atomic mass is 10.3. The van der Waals surface area contributed by atoms with Crippen LogP contribution in [0, 0.1) is 10.2 Å². The predicted octanol–water partition coefficient (Wildman–Crippen LogP) is -3.62. The molecule has 1 aliphatic heterocycles. The monoisotopic (exact) mass is 356 g/mol. The summed E-state index contributed by atoms with van der Waals surface area (Å²) in [6.07, 6.45) is 2.56. The van der Waals surface area contributed by atoms with Crippen LogP contribution in [-0.4, -0.2) is 105 Å². The molecule has 0 spiro atoms. The summed E-state index contributed by atoms with van der Waals surface area (Å²) >= 11 is 0. The maximum atomic E-state index is 8.60. The van der Waals surface area contributed by atoms with Crippen LogP contribution in [0.25, 0.3) is 0 Å². The van der Waals surface area contributed by atoms with Crippen molar-refractivity contribution in [3.05, 3.63) is 0 Å². The van der Waals surface area contributed by atoms with Gasteiger partial charge in [0.2, 0.25) is 0 Å². The molecule has 0 unspecified atom stereocenters. The first kappa shape index (κ1) is 23.0. The molecule has 0 amide bonds. The van der Waals surface area contributed by atoms with Gasteiger partial charge in [-0.2, -0.15) is 14.0 Å². The number of nitrogens with zero attached hydrogens (tertiary/aromatic N) is 4. The first-order valence-corrected chi connectivity index (χ1v) is 9.21. The van der Waals surface area contributed by atoms with Gasteiger partial charge in [-0.3, -0.25) is 0 Å². The second-order valence-corrected chi connectivity index (χ2v) is 7.11. The molecule has 1 saturated heterocycles. The Morgan fingerprint density at radius 1 is 0.565 bits per heavy atom. The molecule has 0 aromatic heterocycles. The highest BCUT2D eigenvalue weighted by atomic mass is 35.7. The van der Waals surface area contributed by atoms with E-state index in [4.69, 9.17) is 18.6 Å². The topological polar surface area (TPSA) is 102 Å². The van der Waals surface area contributed by atoms with Crippen molar-refractivity contribution in [3.63, 3.8) is 0 Å². The lowest BCUT2D eigenvalue weighted by Crippen LogP contribution is -2.58. The number of hydrogen-bond donors (Lipinski definition) is 1. The molecule has 0 saturated carbocycles. The summed E-state index contributed by atoms with van der Waals surface area (Å²) in [6, 6.07) is 0. The van der Waals surface area contributed by atoms with Gasteiger partial charge in [-0.1, -0.05) is 0 Å². The van der Waals surface area contributed by atoms with E-state index in [0.29, 0.717) is 0 Å². The van der Waals surface area contributed by atoms with E-state index in [9.17, 15) is 0 Å². The van der Waals surface area contributed by atoms with Crippen LogP contribution in [0.4, 0.5) is 0 Å². The summed E-state index contributed by atoms with van der Waals surface area (Å²) in [6.45, 7) is 9.63. The van der Waals surface area contributed by atoms with Gasteiger partial charge < -0.3 is 19.6 Å². The van der Waals surface area contributed by atoms with Gasteiger partial charge in [0.1, 0.15) is 0 Å². The van der Waals surface area contributed by atoms with Crippen molar-refractivity contribution in [2.75, 3.05) is 80.5 Å². The highest BCUT2D eigenvalue weighted by Crippen LogP contribution is 1.97. The van der Waals surface area contributed by atoms with E-state index in [1.807, 2.05) is 0 Å². The van der Waals surface area contributed by atoms with Crippen LogP contribution in [0.3, 0.4) is 0 Å². The number of likely N-dealkylation sites (N-methyl/N-ethyl adjacent to an activating group) is 4. The third-order valence-corrected chi connectivity index (χ3v) is 3.89. The average Bonchev–Trinajstić information content (AvgIpc) is 2.40. The molecule has 1 rings (SSSR count). The van der Waals surface area contributed by atoms with E-state index >= 15 is 0 Å². The summed E-state index contributed by atoms with van der Waals surface area (Å²) in [4.78, 5) is 9.84. The van der Waals surface area contributed by atoms with E-state index in [1.54, 1.807) is 0 Å². The highest BCUT2D eigenvalue weighted by molar-refractivity contribution is 4.63. The van der Waals surface area contributed by atoms with Gasteiger partial charge >= 0.3 is 0 Å². The average molecular weight is 357 g/mol. The van der Waals surface area contributed by atoms with Crippen molar-refractivity contribution in [2.45, 2.75) is 12.8 Å². The quantitative estimate of drug-likeness (QED) is 0.474. The van der Waals surface area contributed by atoms with Gasteiger partial charge in [0.05, 0.1) is 14.9 Å². The highest BCUT2D eigenvalue weighted by Gasteiger charge is 2.07. The smallest absolute Gasteiger partial charge is 0.0777 e. The van der Waals surface area contributed by atoms with Gasteiger partial charge in [0.15, 0.2) is 0 Å². The predicted molar refractivity (Wildman–Crippen MR) is 81.4 cm³/mol. The summed E-state index contributed by atoms with van der Waals surface area (Å²) < 4.78 is 32.7. The second kappa shape index (κ2) is 12.3. The minimum absolute atomic E-state index is 1.19. The number of hydrogen-bond acceptors (Lipinski definition) is 8. The molecule has 1 N–H and O–H groups in total. The molecule has 140 valence electrons. The molecule has 0 atom stereocenters. The lowest BCUT2D eigenvalue weighted by molar-refractivity contribution is -1.92. The van der Waals surface area contributed by atoms with Gasteiger partial charge in [-0.05, 0) is 67.2 Å². The Morgan fingerprint density at radius 2 is 0.739 bits per heavy atom. The third kappa shape index (κ3) is 18.2. The van der Waals surface area contributed by atoms with E-state index in [-0.39, 0.29) is 0 Å². The molecule has 0 aromatic rings. The summed E-state index contributed by atoms with van der Waals surface area (Å²) in [5.41, 5.74) is 0. The minimum atomic E-state index is -4.69. The van der Waals surface area contributed by atoms with Crippen LogP contribution in [0.1, 0.15) is 12.8 Å². The Bertz CT molecular complexity index is 246. The summed E-state index contributed by atoms with van der Waals surface area (Å²) in [7, 11) is 4.28. The van der Waals surface area contributed by atoms with Crippen LogP contribution in [0.5, 0.6) is 0 Å². The van der Waals surface area contributed by atoms with Crippen molar-refractivity contribution in [2.24, 2.45) is 0 Å². The van der Waals surface area contributed by atoms with Crippen LogP contribution in [0.15, 0.2) is 0 Å². The Labute approximate surface area is 142 Å². The summed E-state index contributed by atoms with van der Waals surface area (Å²) in [5, 5.41) is 0. The van der Waals surface area contributed by atoms with Gasteiger partial charge in [0, 0.05) is 26.2 Å². The van der Waals surface area contributed by atoms with E-state index in [0.717, 1.165) is 0 Å². The van der Waals surface area contributed by atoms with E-state index in [1.165, 1.54) is 65.2 Å². The first-order chi connectivity index (χ1) is 10.6. The molecule has 1 fully saturated rings. The second-order valence-electron chi connectivity index (χ2n) is 6.32. The van der Waals surface area contributed by atoms with Crippen LogP contribution in [-0.2, 0) is 0 Å². The first-order valence-electron chi connectivity index (χ1n) is 7.95. The molecular formula is C14H33ClN4O4. The normalized spacial score (nSPS) is 23.0. The Kier molecular flexibility index (Phi) is 12.3. The molecule has 9 heteroatoms. The molecule has 0 aliphatic carbocycles. The van der Waals surface area contributed by atoms with E-state index in [2.05, 4.69) is 47.8 Å². The van der Waals surface area contributed by atoms with Crippen LogP contribution < -0.4 is 14.0 Å². The van der Waals surface area contributed by atoms with Crippen molar-refractivity contribution in [1.82, 2.24) is 19.6 Å². The molecule has 23 heavy (non-hydrogen) atoms. The fourth-order valence-corrected chi connectivity index (χ4v) is 2.35. The summed E-state index contributed by atoms with van der Waals surface area (Å²) in [5.74, 6) is 0. The molecule has 0 aromatic carbocycles. The molecule has 0 bridgehead atoms. The fraction of sp³-hybridized carbons (Fsp3) is 1.00. The van der Waals surface area contributed by atoms with Crippen LogP contribution >= 0.6 is 0 Å². The van der Waals surface area contributed by atoms with Gasteiger partial charge in [-0.15, -0.1) is 0 Å².